The fraction of sp³-hybridized carbons (Fsp3) is 0.300. The maximum Gasteiger partial charge on any atom is 0.205 e. The molecule has 0 radical (unpaired) electrons. The van der Waals surface area contributed by atoms with Gasteiger partial charge in [-0.2, -0.15) is 0 Å². The summed E-state index contributed by atoms with van der Waals surface area (Å²) in [6.45, 7) is 0.364. The minimum absolute atomic E-state index is 0.0498. The summed E-state index contributed by atoms with van der Waals surface area (Å²) in [5, 5.41) is 9.85. The average Bonchev–Trinajstić information content (AvgIpc) is 2.57. The highest BCUT2D eigenvalue weighted by Gasteiger charge is 2.12. The fourth-order valence-electron chi connectivity index (χ4n) is 1.46. The number of nitrogens with zero attached hydrogens (tertiary/aromatic N) is 2. The molecule has 1 aromatic carbocycles. The molecule has 1 heterocycles. The summed E-state index contributed by atoms with van der Waals surface area (Å²) in [5.41, 5.74) is 1.28. The van der Waals surface area contributed by atoms with Gasteiger partial charge in [-0.15, -0.1) is 0 Å². The largest absolute Gasteiger partial charge is 0.394 e. The topological polar surface area (TPSA) is 47.3 Å². The smallest absolute Gasteiger partial charge is 0.205 e. The quantitative estimate of drug-likeness (QED) is 0.882. The first-order chi connectivity index (χ1) is 8.13. The Morgan fingerprint density at radius 3 is 2.76 bits per heavy atom. The predicted molar refractivity (Wildman–Crippen MR) is 67.8 cm³/mol. The van der Waals surface area contributed by atoms with Gasteiger partial charge in [0.25, 0.3) is 0 Å². The molecule has 4 nitrogen and oxygen atoms in total. The monoisotopic (exact) mass is 294 g/mol. The van der Waals surface area contributed by atoms with Crippen molar-refractivity contribution in [3.8, 4) is 0 Å². The van der Waals surface area contributed by atoms with Crippen LogP contribution in [0.5, 0.6) is 0 Å². The van der Waals surface area contributed by atoms with Crippen LogP contribution in [0.1, 0.15) is 0 Å². The van der Waals surface area contributed by atoms with E-state index < -0.39 is 0 Å². The summed E-state index contributed by atoms with van der Waals surface area (Å²) < 4.78 is 6.83. The number of rotatable bonds is 4. The van der Waals surface area contributed by atoms with Gasteiger partial charge in [-0.05, 0) is 23.7 Å². The molecule has 0 fully saturated rings. The molecule has 1 aromatic heterocycles. The molecule has 0 aliphatic heterocycles. The third-order valence-electron chi connectivity index (χ3n) is 2.18. The van der Waals surface area contributed by atoms with Gasteiger partial charge in [-0.3, -0.25) is 4.57 Å². The summed E-state index contributed by atoms with van der Waals surface area (Å²) in [6, 6.07) is 3.32. The van der Waals surface area contributed by atoms with Gasteiger partial charge in [0, 0.05) is 5.02 Å². The first-order valence-electron chi connectivity index (χ1n) is 4.83. The lowest BCUT2D eigenvalue weighted by atomic mass is 10.3. The zero-order valence-electron chi connectivity index (χ0n) is 8.66. The molecule has 0 unspecified atom stereocenters. The van der Waals surface area contributed by atoms with E-state index >= 15 is 0 Å². The van der Waals surface area contributed by atoms with E-state index in [4.69, 9.17) is 44.6 Å². The van der Waals surface area contributed by atoms with Crippen LogP contribution < -0.4 is 0 Å². The summed E-state index contributed by atoms with van der Waals surface area (Å²) in [4.78, 5) is 4.13. The van der Waals surface area contributed by atoms with Crippen LogP contribution in [0.25, 0.3) is 11.0 Å². The van der Waals surface area contributed by atoms with Crippen LogP contribution >= 0.6 is 34.8 Å². The first kappa shape index (κ1) is 12.9. The predicted octanol–water partition coefficient (Wildman–Crippen LogP) is 2.96. The number of aromatic nitrogens is 2. The molecule has 7 heteroatoms. The van der Waals surface area contributed by atoms with Crippen molar-refractivity contribution in [2.75, 3.05) is 13.2 Å². The highest BCUT2D eigenvalue weighted by Crippen LogP contribution is 2.29. The molecule has 0 amide bonds. The molecule has 0 spiro atoms. The van der Waals surface area contributed by atoms with Gasteiger partial charge < -0.3 is 9.84 Å². The van der Waals surface area contributed by atoms with Crippen molar-refractivity contribution in [3.63, 3.8) is 0 Å². The van der Waals surface area contributed by atoms with Crippen LogP contribution in [0.4, 0.5) is 0 Å². The van der Waals surface area contributed by atoms with E-state index in [0.29, 0.717) is 21.1 Å². The molecule has 0 aliphatic carbocycles. The van der Waals surface area contributed by atoms with Crippen LogP contribution in [-0.2, 0) is 11.5 Å². The lowest BCUT2D eigenvalue weighted by molar-refractivity contribution is 0.0503. The minimum atomic E-state index is -0.0498. The number of fused-ring (bicyclic) bond motifs is 1. The molecule has 1 N–H and O–H groups in total. The zero-order chi connectivity index (χ0) is 12.4. The van der Waals surface area contributed by atoms with Crippen LogP contribution in [-0.4, -0.2) is 27.9 Å². The minimum Gasteiger partial charge on any atom is -0.394 e. The van der Waals surface area contributed by atoms with Gasteiger partial charge >= 0.3 is 0 Å². The maximum absolute atomic E-state index is 8.64. The number of aliphatic hydroxyl groups is 1. The molecule has 0 aliphatic rings. The third kappa shape index (κ3) is 2.67. The Morgan fingerprint density at radius 1 is 1.29 bits per heavy atom. The average molecular weight is 296 g/mol. The molecule has 92 valence electrons. The third-order valence-corrected chi connectivity index (χ3v) is 2.98. The van der Waals surface area contributed by atoms with Crippen molar-refractivity contribution in [2.24, 2.45) is 0 Å². The van der Waals surface area contributed by atoms with Gasteiger partial charge in [0.15, 0.2) is 0 Å². The van der Waals surface area contributed by atoms with E-state index in [0.717, 1.165) is 0 Å². The second kappa shape index (κ2) is 5.42. The molecular weight excluding hydrogens is 286 g/mol. The van der Waals surface area contributed by atoms with Gasteiger partial charge in [0.1, 0.15) is 12.2 Å². The second-order valence-electron chi connectivity index (χ2n) is 3.33. The van der Waals surface area contributed by atoms with E-state index in [1.165, 1.54) is 0 Å². The van der Waals surface area contributed by atoms with Crippen LogP contribution in [0.15, 0.2) is 12.1 Å². The SMILES string of the molecule is OCCOCn1c(Cl)nc2c(Cl)cc(Cl)cc21. The number of ether oxygens (including phenoxy) is 1. The summed E-state index contributed by atoms with van der Waals surface area (Å²) in [7, 11) is 0. The van der Waals surface area contributed by atoms with Crippen molar-refractivity contribution >= 4 is 45.8 Å². The number of imidazole rings is 1. The van der Waals surface area contributed by atoms with E-state index in [2.05, 4.69) is 4.98 Å². The van der Waals surface area contributed by atoms with E-state index in [-0.39, 0.29) is 25.2 Å². The summed E-state index contributed by atoms with van der Waals surface area (Å²) in [5.74, 6) is 0. The second-order valence-corrected chi connectivity index (χ2v) is 4.51. The van der Waals surface area contributed by atoms with Crippen molar-refractivity contribution < 1.29 is 9.84 Å². The highest BCUT2D eigenvalue weighted by atomic mass is 35.5. The number of hydrogen-bond acceptors (Lipinski definition) is 3. The summed E-state index contributed by atoms with van der Waals surface area (Å²) in [6.07, 6.45) is 0. The van der Waals surface area contributed by atoms with Crippen LogP contribution in [0.3, 0.4) is 0 Å². The first-order valence-corrected chi connectivity index (χ1v) is 5.96. The number of aliphatic hydroxyl groups excluding tert-OH is 1. The molecule has 0 saturated carbocycles. The lowest BCUT2D eigenvalue weighted by Gasteiger charge is -2.06. The van der Waals surface area contributed by atoms with E-state index in [9.17, 15) is 0 Å². The molecule has 17 heavy (non-hydrogen) atoms. The normalized spacial score (nSPS) is 11.3. The molecule has 2 aromatic rings. The van der Waals surface area contributed by atoms with Gasteiger partial charge in [-0.25, -0.2) is 4.98 Å². The molecular formula is C10H9Cl3N2O2. The Kier molecular flexibility index (Phi) is 4.12. The van der Waals surface area contributed by atoms with Crippen molar-refractivity contribution in [1.82, 2.24) is 9.55 Å². The standard InChI is InChI=1S/C10H9Cl3N2O2/c11-6-3-7(12)9-8(4-6)15(10(13)14-9)5-17-2-1-16/h3-4,16H,1-2,5H2. The Hall–Kier alpha value is -0.520. The molecule has 2 rings (SSSR count). The molecule has 0 bridgehead atoms. The van der Waals surface area contributed by atoms with Gasteiger partial charge in [0.05, 0.1) is 23.8 Å². The van der Waals surface area contributed by atoms with Gasteiger partial charge in [-0.1, -0.05) is 23.2 Å². The Balaban J connectivity index is 2.43. The molecule has 0 saturated heterocycles. The fourth-order valence-corrected chi connectivity index (χ4v) is 2.21. The van der Waals surface area contributed by atoms with Crippen LogP contribution in [0.2, 0.25) is 15.3 Å². The van der Waals surface area contributed by atoms with Crippen molar-refractivity contribution in [2.45, 2.75) is 6.73 Å². The number of halogens is 3. The number of hydrogen-bond donors (Lipinski definition) is 1. The Morgan fingerprint density at radius 2 is 2.06 bits per heavy atom. The Labute approximate surface area is 113 Å². The number of benzene rings is 1. The highest BCUT2D eigenvalue weighted by molar-refractivity contribution is 6.38. The van der Waals surface area contributed by atoms with E-state index in [1.807, 2.05) is 0 Å². The van der Waals surface area contributed by atoms with Crippen molar-refractivity contribution in [1.29, 1.82) is 0 Å². The lowest BCUT2D eigenvalue weighted by Crippen LogP contribution is -2.05. The van der Waals surface area contributed by atoms with E-state index in [1.54, 1.807) is 16.7 Å². The Bertz CT molecular complexity index is 542. The van der Waals surface area contributed by atoms with Crippen LogP contribution in [0, 0.1) is 0 Å². The van der Waals surface area contributed by atoms with Crippen molar-refractivity contribution in [3.05, 3.63) is 27.5 Å². The van der Waals surface area contributed by atoms with Gasteiger partial charge in [0.2, 0.25) is 5.28 Å². The molecule has 0 atom stereocenters. The maximum atomic E-state index is 8.64. The zero-order valence-corrected chi connectivity index (χ0v) is 10.9. The summed E-state index contributed by atoms with van der Waals surface area (Å²) >= 11 is 17.9.